The van der Waals surface area contributed by atoms with Crippen LogP contribution in [0.2, 0.25) is 5.02 Å². The van der Waals surface area contributed by atoms with E-state index < -0.39 is 0 Å². The molecule has 1 aromatic heterocycles. The van der Waals surface area contributed by atoms with Crippen LogP contribution in [0.3, 0.4) is 0 Å². The maximum Gasteiger partial charge on any atom is 0.252 e. The van der Waals surface area contributed by atoms with Crippen LogP contribution < -0.4 is 10.6 Å². The van der Waals surface area contributed by atoms with E-state index in [0.29, 0.717) is 28.3 Å². The molecule has 0 spiro atoms. The van der Waals surface area contributed by atoms with Crippen molar-refractivity contribution in [3.63, 3.8) is 0 Å². The van der Waals surface area contributed by atoms with Crippen LogP contribution in [0, 0.1) is 12.8 Å². The minimum Gasteiger partial charge on any atom is -0.348 e. The van der Waals surface area contributed by atoms with Crippen molar-refractivity contribution in [2.45, 2.75) is 27.3 Å². The van der Waals surface area contributed by atoms with Gasteiger partial charge in [-0.1, -0.05) is 43.6 Å². The average molecular weight is 396 g/mol. The molecule has 6 heteroatoms. The number of nitrogens with one attached hydrogen (secondary N) is 2. The molecule has 0 unspecified atom stereocenters. The number of hydrogen-bond acceptors (Lipinski definition) is 3. The predicted molar refractivity (Wildman–Crippen MR) is 113 cm³/mol. The maximum atomic E-state index is 12.9. The van der Waals surface area contributed by atoms with Crippen molar-refractivity contribution >= 4 is 40.0 Å². The summed E-state index contributed by atoms with van der Waals surface area (Å²) < 4.78 is 0. The molecule has 0 bridgehead atoms. The van der Waals surface area contributed by atoms with Gasteiger partial charge in [-0.05, 0) is 42.8 Å². The highest BCUT2D eigenvalue weighted by atomic mass is 35.5. The molecule has 0 saturated carbocycles. The Balaban J connectivity index is 1.93. The number of pyridine rings is 1. The summed E-state index contributed by atoms with van der Waals surface area (Å²) in [7, 11) is 0. The zero-order valence-corrected chi connectivity index (χ0v) is 16.8. The van der Waals surface area contributed by atoms with E-state index in [4.69, 9.17) is 11.6 Å². The van der Waals surface area contributed by atoms with Crippen molar-refractivity contribution in [1.29, 1.82) is 0 Å². The van der Waals surface area contributed by atoms with Crippen LogP contribution in [0.1, 0.15) is 35.5 Å². The van der Waals surface area contributed by atoms with Crippen molar-refractivity contribution in [3.05, 3.63) is 70.4 Å². The number of carbonyl (C=O) groups excluding carboxylic acids is 2. The van der Waals surface area contributed by atoms with Gasteiger partial charge in [-0.15, -0.1) is 0 Å². The highest BCUT2D eigenvalue weighted by Crippen LogP contribution is 2.24. The Bertz CT molecular complexity index is 1050. The first-order valence-electron chi connectivity index (χ1n) is 9.08. The Hall–Kier alpha value is -2.92. The number of fused-ring (bicyclic) bond motifs is 1. The molecular weight excluding hydrogens is 374 g/mol. The van der Waals surface area contributed by atoms with Crippen molar-refractivity contribution in [1.82, 2.24) is 10.3 Å². The third-order valence-electron chi connectivity index (χ3n) is 4.32. The molecule has 0 aliphatic heterocycles. The second-order valence-electron chi connectivity index (χ2n) is 7.00. The number of halogens is 1. The molecule has 28 heavy (non-hydrogen) atoms. The van der Waals surface area contributed by atoms with Gasteiger partial charge in [0.1, 0.15) is 0 Å². The summed E-state index contributed by atoms with van der Waals surface area (Å²) in [6.07, 6.45) is 0. The quantitative estimate of drug-likeness (QED) is 0.656. The number of nitrogens with zero attached hydrogens (tertiary/aromatic N) is 1. The lowest BCUT2D eigenvalue weighted by Crippen LogP contribution is -2.24. The van der Waals surface area contributed by atoms with Crippen molar-refractivity contribution in [2.24, 2.45) is 5.92 Å². The molecule has 0 aliphatic carbocycles. The Labute approximate surface area is 169 Å². The Morgan fingerprint density at radius 3 is 2.61 bits per heavy atom. The van der Waals surface area contributed by atoms with Crippen LogP contribution in [-0.4, -0.2) is 16.8 Å². The average Bonchev–Trinajstić information content (AvgIpc) is 2.65. The van der Waals surface area contributed by atoms with E-state index in [9.17, 15) is 9.59 Å². The molecule has 2 N–H and O–H groups in total. The van der Waals surface area contributed by atoms with Gasteiger partial charge in [-0.25, -0.2) is 0 Å². The smallest absolute Gasteiger partial charge is 0.252 e. The van der Waals surface area contributed by atoms with Crippen LogP contribution >= 0.6 is 11.6 Å². The van der Waals surface area contributed by atoms with Gasteiger partial charge < -0.3 is 10.6 Å². The molecule has 0 radical (unpaired) electrons. The number of amides is 2. The Morgan fingerprint density at radius 2 is 1.89 bits per heavy atom. The number of aryl methyl sites for hydroxylation is 1. The fraction of sp³-hybridized carbons (Fsp3) is 0.227. The van der Waals surface area contributed by atoms with E-state index in [2.05, 4.69) is 15.6 Å². The summed E-state index contributed by atoms with van der Waals surface area (Å²) in [4.78, 5) is 29.5. The lowest BCUT2D eigenvalue weighted by Gasteiger charge is -2.13. The zero-order valence-electron chi connectivity index (χ0n) is 16.0. The summed E-state index contributed by atoms with van der Waals surface area (Å²) in [6.45, 7) is 5.87. The third kappa shape index (κ3) is 4.67. The summed E-state index contributed by atoms with van der Waals surface area (Å²) >= 11 is 6.00. The van der Waals surface area contributed by atoms with E-state index in [1.807, 2.05) is 51.1 Å². The van der Waals surface area contributed by atoms with Crippen molar-refractivity contribution < 1.29 is 9.59 Å². The SMILES string of the molecule is Cc1ccc2c(C(=O)NCc3cccc(Cl)c3)cc(NC(=O)C(C)C)cc2n1. The molecule has 0 atom stereocenters. The second-order valence-corrected chi connectivity index (χ2v) is 7.44. The van der Waals surface area contributed by atoms with Crippen LogP contribution in [0.4, 0.5) is 5.69 Å². The highest BCUT2D eigenvalue weighted by molar-refractivity contribution is 6.30. The summed E-state index contributed by atoms with van der Waals surface area (Å²) in [5, 5.41) is 7.12. The minimum atomic E-state index is -0.240. The van der Waals surface area contributed by atoms with E-state index in [-0.39, 0.29) is 17.7 Å². The van der Waals surface area contributed by atoms with Crippen LogP contribution in [-0.2, 0) is 11.3 Å². The van der Waals surface area contributed by atoms with Crippen molar-refractivity contribution in [2.75, 3.05) is 5.32 Å². The lowest BCUT2D eigenvalue weighted by atomic mass is 10.0. The fourth-order valence-electron chi connectivity index (χ4n) is 2.81. The Morgan fingerprint density at radius 1 is 1.11 bits per heavy atom. The first-order valence-corrected chi connectivity index (χ1v) is 9.46. The molecule has 2 amide bonds. The van der Waals surface area contributed by atoms with Crippen LogP contribution in [0.25, 0.3) is 10.9 Å². The van der Waals surface area contributed by atoms with E-state index in [1.165, 1.54) is 0 Å². The fourth-order valence-corrected chi connectivity index (χ4v) is 3.02. The lowest BCUT2D eigenvalue weighted by molar-refractivity contribution is -0.118. The van der Waals surface area contributed by atoms with Gasteiger partial charge in [0.05, 0.1) is 11.1 Å². The molecule has 0 saturated heterocycles. The molecule has 5 nitrogen and oxygen atoms in total. The van der Waals surface area contributed by atoms with Gasteiger partial charge in [0.2, 0.25) is 5.91 Å². The molecule has 144 valence electrons. The highest BCUT2D eigenvalue weighted by Gasteiger charge is 2.15. The first kappa shape index (κ1) is 19.8. The topological polar surface area (TPSA) is 71.1 Å². The van der Waals surface area contributed by atoms with Crippen LogP contribution in [0.15, 0.2) is 48.5 Å². The van der Waals surface area contributed by atoms with E-state index in [0.717, 1.165) is 16.6 Å². The van der Waals surface area contributed by atoms with Crippen LogP contribution in [0.5, 0.6) is 0 Å². The normalized spacial score (nSPS) is 10.9. The van der Waals surface area contributed by atoms with Gasteiger partial charge >= 0.3 is 0 Å². The van der Waals surface area contributed by atoms with Gasteiger partial charge in [0.25, 0.3) is 5.91 Å². The number of benzene rings is 2. The summed E-state index contributed by atoms with van der Waals surface area (Å²) in [5.41, 5.74) is 3.42. The predicted octanol–water partition coefficient (Wildman–Crippen LogP) is 4.72. The molecule has 0 fully saturated rings. The summed E-state index contributed by atoms with van der Waals surface area (Å²) in [5.74, 6) is -0.519. The third-order valence-corrected chi connectivity index (χ3v) is 4.56. The summed E-state index contributed by atoms with van der Waals surface area (Å²) in [6, 6.07) is 14.5. The number of carbonyl (C=O) groups is 2. The Kier molecular flexibility index (Phi) is 5.95. The molecular formula is C22H22ClN3O2. The molecule has 2 aromatic carbocycles. The van der Waals surface area contributed by atoms with Crippen molar-refractivity contribution in [3.8, 4) is 0 Å². The monoisotopic (exact) mass is 395 g/mol. The van der Waals surface area contributed by atoms with E-state index >= 15 is 0 Å². The van der Waals surface area contributed by atoms with E-state index in [1.54, 1.807) is 18.2 Å². The van der Waals surface area contributed by atoms with Gasteiger partial charge in [0, 0.05) is 34.3 Å². The number of aromatic nitrogens is 1. The number of rotatable bonds is 5. The first-order chi connectivity index (χ1) is 13.3. The number of hydrogen-bond donors (Lipinski definition) is 2. The van der Waals surface area contributed by atoms with Gasteiger partial charge in [0.15, 0.2) is 0 Å². The maximum absolute atomic E-state index is 12.9. The standard InChI is InChI=1S/C22H22ClN3O2/c1-13(2)21(27)26-17-10-19(18-8-7-14(3)25-20(18)11-17)22(28)24-12-15-5-4-6-16(23)9-15/h4-11,13H,12H2,1-3H3,(H,24,28)(H,26,27). The van der Waals surface area contributed by atoms with Gasteiger partial charge in [-0.2, -0.15) is 0 Å². The second kappa shape index (κ2) is 8.40. The van der Waals surface area contributed by atoms with Gasteiger partial charge in [-0.3, -0.25) is 14.6 Å². The molecule has 1 heterocycles. The number of anilines is 1. The molecule has 0 aliphatic rings. The molecule has 3 rings (SSSR count). The molecule has 3 aromatic rings. The minimum absolute atomic E-state index is 0.114. The zero-order chi connectivity index (χ0) is 20.3. The largest absolute Gasteiger partial charge is 0.348 e.